The van der Waals surface area contributed by atoms with Crippen LogP contribution in [0.4, 0.5) is 0 Å². The van der Waals surface area contributed by atoms with Crippen molar-refractivity contribution in [3.63, 3.8) is 0 Å². The first-order chi connectivity index (χ1) is 8.22. The number of hydrogen-bond donors (Lipinski definition) is 0. The van der Waals surface area contributed by atoms with Gasteiger partial charge in [0.2, 0.25) is 0 Å². The Morgan fingerprint density at radius 2 is 2.24 bits per heavy atom. The first-order valence-electron chi connectivity index (χ1n) is 5.39. The van der Waals surface area contributed by atoms with E-state index in [0.29, 0.717) is 0 Å². The smallest absolute Gasteiger partial charge is 0.129 e. The third-order valence-corrected chi connectivity index (χ3v) is 4.43. The topological polar surface area (TPSA) is 22.1 Å². The Morgan fingerprint density at radius 1 is 1.41 bits per heavy atom. The molecule has 2 unspecified atom stereocenters. The molecule has 0 radical (unpaired) electrons. The average molecular weight is 268 g/mol. The van der Waals surface area contributed by atoms with Crippen molar-refractivity contribution in [2.75, 3.05) is 7.11 Å². The second-order valence-corrected chi connectivity index (χ2v) is 5.25. The lowest BCUT2D eigenvalue weighted by molar-refractivity contribution is 0.416. The van der Waals surface area contributed by atoms with Crippen molar-refractivity contribution in [2.45, 2.75) is 18.2 Å². The summed E-state index contributed by atoms with van der Waals surface area (Å²) in [6.45, 7) is 2.09. The van der Waals surface area contributed by atoms with Crippen LogP contribution in [0.15, 0.2) is 35.8 Å². The van der Waals surface area contributed by atoms with Gasteiger partial charge in [0, 0.05) is 28.1 Å². The SMILES string of the molecule is COc1csc(C(Cl)C(C)c2ccccn2)c1. The largest absolute Gasteiger partial charge is 0.496 e. The Bertz CT molecular complexity index is 471. The molecule has 2 atom stereocenters. The highest BCUT2D eigenvalue weighted by Gasteiger charge is 2.21. The number of halogens is 1. The zero-order chi connectivity index (χ0) is 12.3. The van der Waals surface area contributed by atoms with Crippen LogP contribution in [0.5, 0.6) is 5.75 Å². The summed E-state index contributed by atoms with van der Waals surface area (Å²) in [5.41, 5.74) is 1.01. The standard InChI is InChI=1S/C13H14ClNOS/c1-9(11-5-3-4-6-15-11)13(14)12-7-10(16-2)8-17-12/h3-9,13H,1-2H3. The highest BCUT2D eigenvalue weighted by Crippen LogP contribution is 2.39. The van der Waals surface area contributed by atoms with Gasteiger partial charge in [0.25, 0.3) is 0 Å². The van der Waals surface area contributed by atoms with Gasteiger partial charge in [0.15, 0.2) is 0 Å². The molecule has 0 aliphatic carbocycles. The number of hydrogen-bond acceptors (Lipinski definition) is 3. The number of nitrogens with zero attached hydrogens (tertiary/aromatic N) is 1. The third kappa shape index (κ3) is 2.79. The molecule has 0 spiro atoms. The van der Waals surface area contributed by atoms with E-state index in [4.69, 9.17) is 16.3 Å². The van der Waals surface area contributed by atoms with Gasteiger partial charge in [-0.3, -0.25) is 4.98 Å². The van der Waals surface area contributed by atoms with Crippen molar-refractivity contribution >= 4 is 22.9 Å². The van der Waals surface area contributed by atoms with Crippen molar-refractivity contribution in [3.05, 3.63) is 46.4 Å². The van der Waals surface area contributed by atoms with Crippen molar-refractivity contribution in [3.8, 4) is 5.75 Å². The average Bonchev–Trinajstić information content (AvgIpc) is 2.87. The number of thiophene rings is 1. The van der Waals surface area contributed by atoms with Gasteiger partial charge in [-0.25, -0.2) is 0 Å². The van der Waals surface area contributed by atoms with Crippen molar-refractivity contribution in [1.82, 2.24) is 4.98 Å². The second-order valence-electron chi connectivity index (χ2n) is 3.83. The Kier molecular flexibility index (Phi) is 4.02. The minimum atomic E-state index is -0.0706. The number of aromatic nitrogens is 1. The summed E-state index contributed by atoms with van der Waals surface area (Å²) in [6, 6.07) is 7.89. The molecule has 0 aliphatic heterocycles. The van der Waals surface area contributed by atoms with Gasteiger partial charge >= 0.3 is 0 Å². The van der Waals surface area contributed by atoms with Crippen molar-refractivity contribution in [2.24, 2.45) is 0 Å². The predicted molar refractivity (Wildman–Crippen MR) is 72.1 cm³/mol. The summed E-state index contributed by atoms with van der Waals surface area (Å²) in [5, 5.41) is 1.90. The fraction of sp³-hybridized carbons (Fsp3) is 0.308. The summed E-state index contributed by atoms with van der Waals surface area (Å²) in [7, 11) is 1.66. The Hall–Kier alpha value is -1.06. The van der Waals surface area contributed by atoms with E-state index in [2.05, 4.69) is 11.9 Å². The summed E-state index contributed by atoms with van der Waals surface area (Å²) in [5.74, 6) is 1.05. The summed E-state index contributed by atoms with van der Waals surface area (Å²) in [4.78, 5) is 5.45. The van der Waals surface area contributed by atoms with E-state index in [0.717, 1.165) is 16.3 Å². The molecule has 2 nitrogen and oxygen atoms in total. The molecule has 0 bridgehead atoms. The van der Waals surface area contributed by atoms with E-state index in [1.807, 2.05) is 29.6 Å². The van der Waals surface area contributed by atoms with Crippen LogP contribution in [-0.2, 0) is 0 Å². The fourth-order valence-electron chi connectivity index (χ4n) is 1.63. The van der Waals surface area contributed by atoms with Gasteiger partial charge in [-0.05, 0) is 18.2 Å². The molecule has 2 rings (SSSR count). The summed E-state index contributed by atoms with van der Waals surface area (Å²) < 4.78 is 5.17. The molecule has 2 aromatic heterocycles. The maximum absolute atomic E-state index is 6.48. The van der Waals surface area contributed by atoms with Crippen LogP contribution >= 0.6 is 22.9 Å². The number of methoxy groups -OCH3 is 1. The van der Waals surface area contributed by atoms with Crippen LogP contribution in [0, 0.1) is 0 Å². The normalized spacial score (nSPS) is 14.3. The van der Waals surface area contributed by atoms with Gasteiger partial charge in [-0.15, -0.1) is 22.9 Å². The Labute approximate surface area is 110 Å². The Balaban J connectivity index is 2.17. The first kappa shape index (κ1) is 12.4. The van der Waals surface area contributed by atoms with E-state index < -0.39 is 0 Å². The molecule has 0 fully saturated rings. The highest BCUT2D eigenvalue weighted by molar-refractivity contribution is 7.10. The summed E-state index contributed by atoms with van der Waals surface area (Å²) in [6.07, 6.45) is 1.80. The minimum absolute atomic E-state index is 0.0706. The van der Waals surface area contributed by atoms with Gasteiger partial charge in [-0.2, -0.15) is 0 Å². The lowest BCUT2D eigenvalue weighted by atomic mass is 10.0. The summed E-state index contributed by atoms with van der Waals surface area (Å²) >= 11 is 8.10. The fourth-order valence-corrected chi connectivity index (χ4v) is 2.91. The van der Waals surface area contributed by atoms with Crippen LogP contribution < -0.4 is 4.74 Å². The minimum Gasteiger partial charge on any atom is -0.496 e. The molecule has 0 amide bonds. The van der Waals surface area contributed by atoms with Crippen LogP contribution in [0.1, 0.15) is 28.8 Å². The van der Waals surface area contributed by atoms with E-state index in [1.54, 1.807) is 24.6 Å². The quantitative estimate of drug-likeness (QED) is 0.773. The van der Waals surface area contributed by atoms with E-state index in [9.17, 15) is 0 Å². The van der Waals surface area contributed by atoms with Gasteiger partial charge in [-0.1, -0.05) is 13.0 Å². The molecule has 0 saturated heterocycles. The molecular weight excluding hydrogens is 254 g/mol. The zero-order valence-corrected chi connectivity index (χ0v) is 11.3. The highest BCUT2D eigenvalue weighted by atomic mass is 35.5. The monoisotopic (exact) mass is 267 g/mol. The van der Waals surface area contributed by atoms with Crippen molar-refractivity contribution in [1.29, 1.82) is 0 Å². The predicted octanol–water partition coefficient (Wildman–Crippen LogP) is 4.24. The van der Waals surface area contributed by atoms with Gasteiger partial charge < -0.3 is 4.74 Å². The van der Waals surface area contributed by atoms with E-state index in [1.165, 1.54) is 0 Å². The third-order valence-electron chi connectivity index (χ3n) is 2.70. The number of rotatable bonds is 4. The maximum Gasteiger partial charge on any atom is 0.129 e. The van der Waals surface area contributed by atoms with Gasteiger partial charge in [0.05, 0.1) is 12.5 Å². The lowest BCUT2D eigenvalue weighted by Crippen LogP contribution is -2.02. The van der Waals surface area contributed by atoms with Crippen LogP contribution in [0.25, 0.3) is 0 Å². The molecular formula is C13H14ClNOS. The Morgan fingerprint density at radius 3 is 2.82 bits per heavy atom. The van der Waals surface area contributed by atoms with E-state index in [-0.39, 0.29) is 11.3 Å². The number of ether oxygens (including phenoxy) is 1. The van der Waals surface area contributed by atoms with Gasteiger partial charge in [0.1, 0.15) is 5.75 Å². The molecule has 0 aromatic carbocycles. The molecule has 2 heterocycles. The van der Waals surface area contributed by atoms with E-state index >= 15 is 0 Å². The maximum atomic E-state index is 6.48. The lowest BCUT2D eigenvalue weighted by Gasteiger charge is -2.15. The van der Waals surface area contributed by atoms with Crippen LogP contribution in [-0.4, -0.2) is 12.1 Å². The zero-order valence-electron chi connectivity index (χ0n) is 9.76. The van der Waals surface area contributed by atoms with Crippen LogP contribution in [0.3, 0.4) is 0 Å². The molecule has 0 saturated carbocycles. The first-order valence-corrected chi connectivity index (χ1v) is 6.71. The second kappa shape index (κ2) is 5.52. The number of alkyl halides is 1. The molecule has 0 N–H and O–H groups in total. The molecule has 2 aromatic rings. The molecule has 17 heavy (non-hydrogen) atoms. The number of pyridine rings is 1. The van der Waals surface area contributed by atoms with Crippen molar-refractivity contribution < 1.29 is 4.74 Å². The van der Waals surface area contributed by atoms with Crippen LogP contribution in [0.2, 0.25) is 0 Å². The molecule has 4 heteroatoms. The molecule has 0 aliphatic rings. The molecule has 90 valence electrons.